The molecule has 0 aliphatic carbocycles. The lowest BCUT2D eigenvalue weighted by molar-refractivity contribution is -0.141. The maximum absolute atomic E-state index is 13.4. The van der Waals surface area contributed by atoms with Crippen LogP contribution in [0.25, 0.3) is 10.8 Å². The number of anilines is 1. The van der Waals surface area contributed by atoms with E-state index in [-0.39, 0.29) is 11.3 Å². The second kappa shape index (κ2) is 11.5. The summed E-state index contributed by atoms with van der Waals surface area (Å²) in [6.07, 6.45) is 0.0922. The highest BCUT2D eigenvalue weighted by Gasteiger charge is 2.33. The lowest BCUT2D eigenvalue weighted by Crippen LogP contribution is -2.46. The first-order chi connectivity index (χ1) is 19.3. The van der Waals surface area contributed by atoms with E-state index in [9.17, 15) is 18.0 Å². The molecule has 4 aromatic carbocycles. The fourth-order valence-corrected chi connectivity index (χ4v) is 6.29. The molecular weight excluding hydrogens is 522 g/mol. The van der Waals surface area contributed by atoms with Crippen LogP contribution in [0.2, 0.25) is 0 Å². The maximum Gasteiger partial charge on any atom is 0.264 e. The van der Waals surface area contributed by atoms with Crippen LogP contribution in [0.4, 0.5) is 5.69 Å². The number of carbonyl (C=O) groups excluding carboxylic acids is 2. The topological polar surface area (TPSA) is 86.8 Å². The van der Waals surface area contributed by atoms with E-state index in [1.54, 1.807) is 11.0 Å². The van der Waals surface area contributed by atoms with Crippen LogP contribution in [0, 0.1) is 5.92 Å². The predicted molar refractivity (Wildman–Crippen MR) is 157 cm³/mol. The van der Waals surface area contributed by atoms with E-state index in [0.29, 0.717) is 13.1 Å². The first-order valence-corrected chi connectivity index (χ1v) is 15.0. The fourth-order valence-electron chi connectivity index (χ4n) is 5.24. The van der Waals surface area contributed by atoms with E-state index >= 15 is 0 Å². The SMILES string of the molecule is CCN(CC)C(=O)C(Cc1ccc(N2Cc3ccccc3C2)cc1)C(=O)NS(=O)(=O)c1ccc2ccccc2c1. The third-order valence-corrected chi connectivity index (χ3v) is 8.88. The summed E-state index contributed by atoms with van der Waals surface area (Å²) in [4.78, 5) is 30.7. The summed E-state index contributed by atoms with van der Waals surface area (Å²) in [6.45, 7) is 6.17. The Morgan fingerprint density at radius 3 is 2.05 bits per heavy atom. The van der Waals surface area contributed by atoms with Crippen LogP contribution in [0.3, 0.4) is 0 Å². The fraction of sp³-hybridized carbons (Fsp3) is 0.250. The highest BCUT2D eigenvalue weighted by Crippen LogP contribution is 2.29. The Hall–Kier alpha value is -4.17. The summed E-state index contributed by atoms with van der Waals surface area (Å²) in [6, 6.07) is 28.3. The van der Waals surface area contributed by atoms with Gasteiger partial charge in [0, 0.05) is 31.9 Å². The number of sulfonamides is 1. The summed E-state index contributed by atoms with van der Waals surface area (Å²) >= 11 is 0. The van der Waals surface area contributed by atoms with Crippen molar-refractivity contribution in [2.45, 2.75) is 38.3 Å². The Morgan fingerprint density at radius 2 is 1.43 bits per heavy atom. The summed E-state index contributed by atoms with van der Waals surface area (Å²) in [7, 11) is -4.18. The first-order valence-electron chi connectivity index (χ1n) is 13.5. The number of nitrogens with one attached hydrogen (secondary N) is 1. The van der Waals surface area contributed by atoms with Crippen LogP contribution >= 0.6 is 0 Å². The van der Waals surface area contributed by atoms with E-state index in [0.717, 1.165) is 35.1 Å². The number of nitrogens with zero attached hydrogens (tertiary/aromatic N) is 2. The standard InChI is InChI=1S/C32H33N3O4S/c1-3-34(4-2)32(37)30(31(36)33-40(38,39)29-18-15-24-9-5-6-10-25(24)20-29)19-23-13-16-28(17-14-23)35-21-26-11-7-8-12-27(26)22-35/h5-18,20,30H,3-4,19,21-22H2,1-2H3,(H,33,36). The normalized spacial score (nSPS) is 13.6. The van der Waals surface area contributed by atoms with Gasteiger partial charge >= 0.3 is 0 Å². The minimum Gasteiger partial charge on any atom is -0.363 e. The van der Waals surface area contributed by atoms with Crippen LogP contribution in [0.15, 0.2) is 95.9 Å². The Morgan fingerprint density at radius 1 is 0.825 bits per heavy atom. The number of hydrogen-bond donors (Lipinski definition) is 1. The molecule has 1 aliphatic rings. The second-order valence-electron chi connectivity index (χ2n) is 10.0. The molecule has 1 atom stereocenters. The molecule has 7 nitrogen and oxygen atoms in total. The molecule has 40 heavy (non-hydrogen) atoms. The van der Waals surface area contributed by atoms with Crippen LogP contribution in [-0.2, 0) is 39.1 Å². The molecule has 2 amide bonds. The zero-order chi connectivity index (χ0) is 28.3. The molecule has 5 rings (SSSR count). The van der Waals surface area contributed by atoms with Gasteiger partial charge in [-0.25, -0.2) is 13.1 Å². The number of benzene rings is 4. The average molecular weight is 556 g/mol. The van der Waals surface area contributed by atoms with Gasteiger partial charge in [0.25, 0.3) is 10.0 Å². The minimum atomic E-state index is -4.18. The molecule has 1 aliphatic heterocycles. The second-order valence-corrected chi connectivity index (χ2v) is 11.7. The summed E-state index contributed by atoms with van der Waals surface area (Å²) in [5.41, 5.74) is 4.45. The van der Waals surface area contributed by atoms with Crippen LogP contribution in [0.1, 0.15) is 30.5 Å². The van der Waals surface area contributed by atoms with Crippen molar-refractivity contribution >= 4 is 38.3 Å². The number of rotatable bonds is 9. The molecular formula is C32H33N3O4S. The van der Waals surface area contributed by atoms with Crippen molar-refractivity contribution in [1.82, 2.24) is 9.62 Å². The first kappa shape index (κ1) is 27.4. The van der Waals surface area contributed by atoms with Gasteiger partial charge in [0.2, 0.25) is 11.8 Å². The lowest BCUT2D eigenvalue weighted by atomic mass is 9.97. The van der Waals surface area contributed by atoms with Gasteiger partial charge in [0.05, 0.1) is 4.90 Å². The average Bonchev–Trinajstić information content (AvgIpc) is 3.40. The number of carbonyl (C=O) groups is 2. The summed E-state index contributed by atoms with van der Waals surface area (Å²) in [5.74, 6) is -2.41. The van der Waals surface area contributed by atoms with Gasteiger partial charge in [-0.15, -0.1) is 0 Å². The van der Waals surface area contributed by atoms with Crippen molar-refractivity contribution < 1.29 is 18.0 Å². The highest BCUT2D eigenvalue weighted by atomic mass is 32.2. The van der Waals surface area contributed by atoms with Gasteiger partial charge in [0.1, 0.15) is 5.92 Å². The molecule has 1 unspecified atom stereocenters. The Labute approximate surface area is 235 Å². The van der Waals surface area contributed by atoms with E-state index in [2.05, 4.69) is 21.8 Å². The number of fused-ring (bicyclic) bond motifs is 2. The minimum absolute atomic E-state index is 0.0236. The van der Waals surface area contributed by atoms with Crippen molar-refractivity contribution in [3.8, 4) is 0 Å². The van der Waals surface area contributed by atoms with Gasteiger partial charge in [-0.2, -0.15) is 0 Å². The van der Waals surface area contributed by atoms with E-state index in [4.69, 9.17) is 0 Å². The zero-order valence-electron chi connectivity index (χ0n) is 22.7. The third-order valence-electron chi connectivity index (χ3n) is 7.54. The molecule has 1 heterocycles. The lowest BCUT2D eigenvalue weighted by Gasteiger charge is -2.25. The Bertz CT molecular complexity index is 1620. The highest BCUT2D eigenvalue weighted by molar-refractivity contribution is 7.90. The van der Waals surface area contributed by atoms with E-state index in [1.807, 2.05) is 74.5 Å². The molecule has 8 heteroatoms. The van der Waals surface area contributed by atoms with Crippen molar-refractivity contribution in [1.29, 1.82) is 0 Å². The molecule has 0 bridgehead atoms. The monoisotopic (exact) mass is 555 g/mol. The molecule has 0 spiro atoms. The van der Waals surface area contributed by atoms with Gasteiger partial charge < -0.3 is 9.80 Å². The van der Waals surface area contributed by atoms with Crippen molar-refractivity contribution in [3.05, 3.63) is 108 Å². The van der Waals surface area contributed by atoms with Gasteiger partial charge in [-0.3, -0.25) is 9.59 Å². The van der Waals surface area contributed by atoms with E-state index < -0.39 is 27.8 Å². The number of hydrogen-bond acceptors (Lipinski definition) is 5. The molecule has 0 fully saturated rings. The molecule has 0 radical (unpaired) electrons. The maximum atomic E-state index is 13.4. The zero-order valence-corrected chi connectivity index (χ0v) is 23.5. The van der Waals surface area contributed by atoms with E-state index in [1.165, 1.54) is 23.3 Å². The quantitative estimate of drug-likeness (QED) is 0.297. The van der Waals surface area contributed by atoms with Crippen molar-refractivity contribution in [2.75, 3.05) is 18.0 Å². The third kappa shape index (κ3) is 5.72. The predicted octanol–water partition coefficient (Wildman–Crippen LogP) is 4.89. The molecule has 4 aromatic rings. The molecule has 1 N–H and O–H groups in total. The molecule has 0 saturated carbocycles. The van der Waals surface area contributed by atoms with Gasteiger partial charge in [-0.1, -0.05) is 66.7 Å². The smallest absolute Gasteiger partial charge is 0.264 e. The van der Waals surface area contributed by atoms with Crippen LogP contribution in [-0.4, -0.2) is 38.2 Å². The summed E-state index contributed by atoms with van der Waals surface area (Å²) in [5, 5.41) is 1.64. The largest absolute Gasteiger partial charge is 0.363 e. The van der Waals surface area contributed by atoms with Crippen LogP contribution in [0.5, 0.6) is 0 Å². The van der Waals surface area contributed by atoms with Gasteiger partial charge in [-0.05, 0) is 72.0 Å². The Kier molecular flexibility index (Phi) is 7.89. The molecule has 206 valence electrons. The van der Waals surface area contributed by atoms with Crippen LogP contribution < -0.4 is 9.62 Å². The summed E-state index contributed by atoms with van der Waals surface area (Å²) < 4.78 is 28.6. The van der Waals surface area contributed by atoms with Crippen molar-refractivity contribution in [3.63, 3.8) is 0 Å². The molecule has 0 aromatic heterocycles. The van der Waals surface area contributed by atoms with Gasteiger partial charge in [0.15, 0.2) is 0 Å². The van der Waals surface area contributed by atoms with Crippen molar-refractivity contribution in [2.24, 2.45) is 5.92 Å². The number of amides is 2. The Balaban J connectivity index is 1.35. The molecule has 0 saturated heterocycles.